The topological polar surface area (TPSA) is 110 Å². The summed E-state index contributed by atoms with van der Waals surface area (Å²) in [4.78, 5) is 39.2. The Morgan fingerprint density at radius 2 is 1.70 bits per heavy atom. The van der Waals surface area contributed by atoms with E-state index in [4.69, 9.17) is 5.73 Å². The van der Waals surface area contributed by atoms with E-state index in [1.807, 2.05) is 11.8 Å². The SMILES string of the molecule is CC1(N)CCCCC1C(=O)N1CCN(C(=O)c2ccc([N+](=O)[O-])cc2)CC1. The number of benzene rings is 1. The Labute approximate surface area is 158 Å². The molecule has 1 saturated carbocycles. The molecule has 0 bridgehead atoms. The summed E-state index contributed by atoms with van der Waals surface area (Å²) in [5, 5.41) is 10.7. The van der Waals surface area contributed by atoms with Crippen molar-refractivity contribution in [2.24, 2.45) is 11.7 Å². The highest BCUT2D eigenvalue weighted by Gasteiger charge is 2.40. The number of hydrogen-bond donors (Lipinski definition) is 1. The van der Waals surface area contributed by atoms with Crippen LogP contribution in [-0.2, 0) is 4.79 Å². The predicted molar refractivity (Wildman–Crippen MR) is 100 cm³/mol. The van der Waals surface area contributed by atoms with Gasteiger partial charge < -0.3 is 15.5 Å². The summed E-state index contributed by atoms with van der Waals surface area (Å²) in [6.45, 7) is 3.85. The molecular formula is C19H26N4O4. The summed E-state index contributed by atoms with van der Waals surface area (Å²) >= 11 is 0. The molecule has 8 heteroatoms. The molecule has 0 aromatic heterocycles. The molecular weight excluding hydrogens is 348 g/mol. The number of non-ortho nitro benzene ring substituents is 1. The summed E-state index contributed by atoms with van der Waals surface area (Å²) < 4.78 is 0. The molecule has 2 unspecified atom stereocenters. The van der Waals surface area contributed by atoms with E-state index in [1.165, 1.54) is 24.3 Å². The number of rotatable bonds is 3. The van der Waals surface area contributed by atoms with E-state index in [0.717, 1.165) is 25.7 Å². The van der Waals surface area contributed by atoms with E-state index in [0.29, 0.717) is 31.7 Å². The Balaban J connectivity index is 1.59. The summed E-state index contributed by atoms with van der Waals surface area (Å²) in [5.74, 6) is -0.219. The lowest BCUT2D eigenvalue weighted by atomic mass is 9.74. The number of piperazine rings is 1. The van der Waals surface area contributed by atoms with Crippen LogP contribution in [0.15, 0.2) is 24.3 Å². The van der Waals surface area contributed by atoms with Gasteiger partial charge in [-0.15, -0.1) is 0 Å². The fourth-order valence-corrected chi connectivity index (χ4v) is 4.02. The Bertz CT molecular complexity index is 724. The second-order valence-electron chi connectivity index (χ2n) is 7.73. The van der Waals surface area contributed by atoms with Gasteiger partial charge >= 0.3 is 0 Å². The lowest BCUT2D eigenvalue weighted by Crippen LogP contribution is -2.57. The molecule has 2 fully saturated rings. The molecule has 1 saturated heterocycles. The van der Waals surface area contributed by atoms with E-state index in [-0.39, 0.29) is 23.4 Å². The van der Waals surface area contributed by atoms with Crippen LogP contribution in [0.25, 0.3) is 0 Å². The van der Waals surface area contributed by atoms with Crippen LogP contribution in [-0.4, -0.2) is 58.3 Å². The van der Waals surface area contributed by atoms with Crippen LogP contribution < -0.4 is 5.73 Å². The Hall–Kier alpha value is -2.48. The van der Waals surface area contributed by atoms with Crippen LogP contribution in [0, 0.1) is 16.0 Å². The Kier molecular flexibility index (Phi) is 5.46. The first kappa shape index (κ1) is 19.3. The molecule has 0 spiro atoms. The molecule has 1 heterocycles. The molecule has 0 radical (unpaired) electrons. The second-order valence-corrected chi connectivity index (χ2v) is 7.73. The first-order valence-electron chi connectivity index (χ1n) is 9.41. The third-order valence-corrected chi connectivity index (χ3v) is 5.76. The summed E-state index contributed by atoms with van der Waals surface area (Å²) in [6, 6.07) is 5.61. The summed E-state index contributed by atoms with van der Waals surface area (Å²) in [6.07, 6.45) is 3.78. The van der Waals surface area contributed by atoms with Crippen molar-refractivity contribution in [1.82, 2.24) is 9.80 Å². The maximum Gasteiger partial charge on any atom is 0.269 e. The van der Waals surface area contributed by atoms with Gasteiger partial charge in [-0.25, -0.2) is 0 Å². The van der Waals surface area contributed by atoms with E-state index in [1.54, 1.807) is 4.90 Å². The van der Waals surface area contributed by atoms with Gasteiger partial charge in [0.15, 0.2) is 0 Å². The molecule has 8 nitrogen and oxygen atoms in total. The van der Waals surface area contributed by atoms with Crippen molar-refractivity contribution in [3.8, 4) is 0 Å². The summed E-state index contributed by atoms with van der Waals surface area (Å²) in [5.41, 5.74) is 6.27. The lowest BCUT2D eigenvalue weighted by Gasteiger charge is -2.42. The minimum Gasteiger partial charge on any atom is -0.339 e. The van der Waals surface area contributed by atoms with Gasteiger partial charge in [0.2, 0.25) is 5.91 Å². The quantitative estimate of drug-likeness (QED) is 0.641. The number of amides is 2. The monoisotopic (exact) mass is 374 g/mol. The minimum atomic E-state index is -0.491. The third-order valence-electron chi connectivity index (χ3n) is 5.76. The smallest absolute Gasteiger partial charge is 0.269 e. The van der Waals surface area contributed by atoms with E-state index >= 15 is 0 Å². The molecule has 2 amide bonds. The number of nitro groups is 1. The van der Waals surface area contributed by atoms with Gasteiger partial charge in [0.05, 0.1) is 10.8 Å². The number of nitro benzene ring substituents is 1. The molecule has 27 heavy (non-hydrogen) atoms. The predicted octanol–water partition coefficient (Wildman–Crippen LogP) is 1.79. The van der Waals surface area contributed by atoms with Gasteiger partial charge in [-0.3, -0.25) is 19.7 Å². The molecule has 1 aromatic carbocycles. The van der Waals surface area contributed by atoms with Crippen molar-refractivity contribution < 1.29 is 14.5 Å². The number of carbonyl (C=O) groups excluding carboxylic acids is 2. The van der Waals surface area contributed by atoms with Gasteiger partial charge in [0.25, 0.3) is 11.6 Å². The van der Waals surface area contributed by atoms with Gasteiger partial charge in [-0.2, -0.15) is 0 Å². The Morgan fingerprint density at radius 3 is 2.26 bits per heavy atom. The highest BCUT2D eigenvalue weighted by molar-refractivity contribution is 5.94. The standard InChI is InChI=1S/C19H26N4O4/c1-19(20)9-3-2-4-16(19)18(25)22-12-10-21(11-13-22)17(24)14-5-7-15(8-6-14)23(26)27/h5-8,16H,2-4,9-13,20H2,1H3. The second kappa shape index (κ2) is 7.64. The van der Waals surface area contributed by atoms with Crippen molar-refractivity contribution in [2.45, 2.75) is 38.1 Å². The minimum absolute atomic E-state index is 0.0423. The van der Waals surface area contributed by atoms with Crippen LogP contribution in [0.2, 0.25) is 0 Å². The first-order chi connectivity index (χ1) is 12.8. The first-order valence-corrected chi connectivity index (χ1v) is 9.41. The molecule has 146 valence electrons. The normalized spacial score (nSPS) is 25.9. The third kappa shape index (κ3) is 4.10. The van der Waals surface area contributed by atoms with Crippen LogP contribution in [0.1, 0.15) is 43.0 Å². The van der Waals surface area contributed by atoms with Crippen molar-refractivity contribution in [1.29, 1.82) is 0 Å². The molecule has 2 atom stereocenters. The Morgan fingerprint density at radius 1 is 1.11 bits per heavy atom. The number of nitrogens with zero attached hydrogens (tertiary/aromatic N) is 3. The lowest BCUT2D eigenvalue weighted by molar-refractivity contribution is -0.384. The zero-order chi connectivity index (χ0) is 19.6. The van der Waals surface area contributed by atoms with Gasteiger partial charge in [0, 0.05) is 49.4 Å². The highest BCUT2D eigenvalue weighted by Crippen LogP contribution is 2.33. The summed E-state index contributed by atoms with van der Waals surface area (Å²) in [7, 11) is 0. The van der Waals surface area contributed by atoms with Gasteiger partial charge in [-0.1, -0.05) is 12.8 Å². The largest absolute Gasteiger partial charge is 0.339 e. The maximum absolute atomic E-state index is 12.9. The van der Waals surface area contributed by atoms with E-state index in [2.05, 4.69) is 0 Å². The van der Waals surface area contributed by atoms with Crippen LogP contribution in [0.3, 0.4) is 0 Å². The van der Waals surface area contributed by atoms with Gasteiger partial charge in [-0.05, 0) is 31.9 Å². The molecule has 2 N–H and O–H groups in total. The molecule has 1 aliphatic heterocycles. The van der Waals surface area contributed by atoms with Gasteiger partial charge in [0.1, 0.15) is 0 Å². The average molecular weight is 374 g/mol. The molecule has 1 aromatic rings. The van der Waals surface area contributed by atoms with Crippen molar-refractivity contribution >= 4 is 17.5 Å². The van der Waals surface area contributed by atoms with Crippen molar-refractivity contribution in [3.63, 3.8) is 0 Å². The maximum atomic E-state index is 12.9. The highest BCUT2D eigenvalue weighted by atomic mass is 16.6. The fraction of sp³-hybridized carbons (Fsp3) is 0.579. The zero-order valence-electron chi connectivity index (χ0n) is 15.6. The van der Waals surface area contributed by atoms with Crippen molar-refractivity contribution in [3.05, 3.63) is 39.9 Å². The molecule has 1 aliphatic carbocycles. The number of nitrogens with two attached hydrogens (primary N) is 1. The average Bonchev–Trinajstić information content (AvgIpc) is 2.67. The fourth-order valence-electron chi connectivity index (χ4n) is 4.02. The molecule has 2 aliphatic rings. The van der Waals surface area contributed by atoms with Crippen molar-refractivity contribution in [2.75, 3.05) is 26.2 Å². The molecule has 3 rings (SSSR count). The van der Waals surface area contributed by atoms with Crippen LogP contribution in [0.4, 0.5) is 5.69 Å². The van der Waals surface area contributed by atoms with E-state index < -0.39 is 10.5 Å². The number of carbonyl (C=O) groups is 2. The zero-order valence-corrected chi connectivity index (χ0v) is 15.6. The van der Waals surface area contributed by atoms with E-state index in [9.17, 15) is 19.7 Å². The van der Waals surface area contributed by atoms with Crippen LogP contribution in [0.5, 0.6) is 0 Å². The van der Waals surface area contributed by atoms with Crippen LogP contribution >= 0.6 is 0 Å². The number of hydrogen-bond acceptors (Lipinski definition) is 5.